The summed E-state index contributed by atoms with van der Waals surface area (Å²) in [5.74, 6) is 0.861. The molecule has 19 heavy (non-hydrogen) atoms. The van der Waals surface area contributed by atoms with Crippen molar-refractivity contribution in [2.24, 2.45) is 5.92 Å². The highest BCUT2D eigenvalue weighted by atomic mass is 19.4. The number of rotatable bonds is 4. The topological polar surface area (TPSA) is 22.1 Å². The third-order valence-electron chi connectivity index (χ3n) is 3.73. The average molecular weight is 272 g/mol. The van der Waals surface area contributed by atoms with E-state index in [2.05, 4.69) is 11.9 Å². The maximum atomic E-state index is 12.6. The molecule has 1 fully saturated rings. The number of hydrogen-bond donors (Lipinski definition) is 0. The molecule has 0 saturated heterocycles. The predicted molar refractivity (Wildman–Crippen MR) is 69.6 cm³/mol. The van der Waals surface area contributed by atoms with Crippen molar-refractivity contribution in [2.45, 2.75) is 45.1 Å². The smallest absolute Gasteiger partial charge is 0.489 e. The first kappa shape index (κ1) is 14.2. The van der Waals surface area contributed by atoms with Crippen LogP contribution in [0.25, 0.3) is 0 Å². The van der Waals surface area contributed by atoms with Crippen molar-refractivity contribution in [1.82, 2.24) is 4.98 Å². The van der Waals surface area contributed by atoms with Gasteiger partial charge >= 0.3 is 6.98 Å². The van der Waals surface area contributed by atoms with Gasteiger partial charge in [-0.05, 0) is 31.2 Å². The number of aromatic nitrogens is 1. The number of pyridine rings is 1. The van der Waals surface area contributed by atoms with Gasteiger partial charge in [-0.2, -0.15) is 0 Å². The largest absolute Gasteiger partial charge is 0.511 e. The van der Waals surface area contributed by atoms with Gasteiger partial charge in [-0.3, -0.25) is 4.98 Å². The number of halogens is 3. The van der Waals surface area contributed by atoms with E-state index in [0.717, 1.165) is 37.9 Å². The van der Waals surface area contributed by atoms with Crippen LogP contribution >= 0.6 is 0 Å². The zero-order valence-corrected chi connectivity index (χ0v) is 11.0. The summed E-state index contributed by atoms with van der Waals surface area (Å²) in [6.45, 7) is -2.87. The Hall–Kier alpha value is -1.20. The molecular formula is C13H18BF3NO-. The molecule has 0 spiro atoms. The predicted octanol–water partition coefficient (Wildman–Crippen LogP) is 3.48. The first-order valence-corrected chi connectivity index (χ1v) is 6.80. The van der Waals surface area contributed by atoms with Crippen molar-refractivity contribution in [3.63, 3.8) is 0 Å². The molecule has 1 saturated carbocycles. The number of hydrogen-bond acceptors (Lipinski definition) is 2. The lowest BCUT2D eigenvalue weighted by atomic mass is 9.81. The second-order valence-corrected chi connectivity index (χ2v) is 5.21. The highest BCUT2D eigenvalue weighted by molar-refractivity contribution is 6.73. The Balaban J connectivity index is 2.03. The minimum absolute atomic E-state index is 0.0245. The summed E-state index contributed by atoms with van der Waals surface area (Å²) in [7, 11) is 0. The fraction of sp³-hybridized carbons (Fsp3) is 0.615. The molecule has 6 heteroatoms. The quantitative estimate of drug-likeness (QED) is 0.783. The van der Waals surface area contributed by atoms with Crippen LogP contribution < -0.4 is 10.2 Å². The SMILES string of the molecule is CCC1CCCC(Oc2cncc([B-](F)(F)F)c2)C1. The third kappa shape index (κ3) is 3.88. The normalized spacial score (nSPS) is 24.2. The van der Waals surface area contributed by atoms with Gasteiger partial charge in [0.1, 0.15) is 5.75 Å². The lowest BCUT2D eigenvalue weighted by molar-refractivity contribution is 0.121. The van der Waals surface area contributed by atoms with Crippen molar-refractivity contribution in [3.05, 3.63) is 18.5 Å². The average Bonchev–Trinajstić information content (AvgIpc) is 2.38. The summed E-state index contributed by atoms with van der Waals surface area (Å²) in [5.41, 5.74) is -0.694. The van der Waals surface area contributed by atoms with Crippen LogP contribution in [0.1, 0.15) is 39.0 Å². The van der Waals surface area contributed by atoms with Crippen LogP contribution in [0, 0.1) is 5.92 Å². The second-order valence-electron chi connectivity index (χ2n) is 5.21. The molecule has 2 nitrogen and oxygen atoms in total. The lowest BCUT2D eigenvalue weighted by Gasteiger charge is -2.29. The van der Waals surface area contributed by atoms with Crippen LogP contribution in [-0.4, -0.2) is 18.1 Å². The Morgan fingerprint density at radius 2 is 2.11 bits per heavy atom. The Kier molecular flexibility index (Phi) is 4.37. The third-order valence-corrected chi connectivity index (χ3v) is 3.73. The maximum Gasteiger partial charge on any atom is 0.511 e. The molecule has 0 N–H and O–H groups in total. The first-order valence-electron chi connectivity index (χ1n) is 6.80. The molecule has 0 bridgehead atoms. The molecule has 2 unspecified atom stereocenters. The van der Waals surface area contributed by atoms with Crippen molar-refractivity contribution < 1.29 is 17.7 Å². The van der Waals surface area contributed by atoms with E-state index in [4.69, 9.17) is 4.74 Å². The maximum absolute atomic E-state index is 12.6. The van der Waals surface area contributed by atoms with Gasteiger partial charge in [0.15, 0.2) is 0 Å². The molecule has 0 aliphatic heterocycles. The van der Waals surface area contributed by atoms with E-state index in [1.165, 1.54) is 12.6 Å². The zero-order chi connectivity index (χ0) is 13.9. The summed E-state index contributed by atoms with van der Waals surface area (Å²) in [6, 6.07) is 1.06. The Morgan fingerprint density at radius 1 is 1.32 bits per heavy atom. The summed E-state index contributed by atoms with van der Waals surface area (Å²) < 4.78 is 43.6. The second kappa shape index (κ2) is 5.84. The molecule has 1 aliphatic rings. The minimum atomic E-state index is -5.01. The molecule has 1 aromatic rings. The van der Waals surface area contributed by atoms with Gasteiger partial charge in [-0.15, -0.1) is 0 Å². The van der Waals surface area contributed by atoms with E-state index in [0.29, 0.717) is 5.92 Å². The highest BCUT2D eigenvalue weighted by Crippen LogP contribution is 2.29. The van der Waals surface area contributed by atoms with E-state index in [1.807, 2.05) is 0 Å². The van der Waals surface area contributed by atoms with Gasteiger partial charge in [0.25, 0.3) is 0 Å². The van der Waals surface area contributed by atoms with Crippen molar-refractivity contribution in [2.75, 3.05) is 0 Å². The molecule has 2 rings (SSSR count). The summed E-state index contributed by atoms with van der Waals surface area (Å²) in [6.07, 6.45) is 7.46. The molecule has 1 aromatic heterocycles. The fourth-order valence-corrected chi connectivity index (χ4v) is 2.59. The monoisotopic (exact) mass is 272 g/mol. The molecule has 0 amide bonds. The van der Waals surface area contributed by atoms with Gasteiger partial charge in [0.05, 0.1) is 12.3 Å². The van der Waals surface area contributed by atoms with E-state index in [-0.39, 0.29) is 11.9 Å². The summed E-state index contributed by atoms with van der Waals surface area (Å²) in [4.78, 5) is 3.63. The molecule has 2 atom stereocenters. The van der Waals surface area contributed by atoms with Gasteiger partial charge < -0.3 is 17.7 Å². The van der Waals surface area contributed by atoms with E-state index in [9.17, 15) is 12.9 Å². The summed E-state index contributed by atoms with van der Waals surface area (Å²) in [5, 5.41) is 0. The minimum Gasteiger partial charge on any atom is -0.489 e. The highest BCUT2D eigenvalue weighted by Gasteiger charge is 2.27. The molecule has 106 valence electrons. The molecule has 1 heterocycles. The Morgan fingerprint density at radius 3 is 2.79 bits per heavy atom. The van der Waals surface area contributed by atoms with Crippen LogP contribution in [0.4, 0.5) is 12.9 Å². The molecule has 0 aromatic carbocycles. The van der Waals surface area contributed by atoms with Gasteiger partial charge in [0, 0.05) is 6.20 Å². The van der Waals surface area contributed by atoms with Crippen molar-refractivity contribution in [1.29, 1.82) is 0 Å². The van der Waals surface area contributed by atoms with E-state index < -0.39 is 12.4 Å². The van der Waals surface area contributed by atoms with Crippen molar-refractivity contribution >= 4 is 12.4 Å². The van der Waals surface area contributed by atoms with Crippen LogP contribution in [0.2, 0.25) is 0 Å². The van der Waals surface area contributed by atoms with Crippen molar-refractivity contribution in [3.8, 4) is 5.75 Å². The standard InChI is InChI=1S/C13H18BF3NO/c1-2-10-4-3-5-12(6-10)19-13-7-11(8-18-9-13)14(15,16)17/h7-10,12H,2-6H2,1H3/q-1. The number of ether oxygens (including phenoxy) is 1. The van der Waals surface area contributed by atoms with E-state index in [1.54, 1.807) is 0 Å². The van der Waals surface area contributed by atoms with Crippen LogP contribution in [-0.2, 0) is 0 Å². The molecule has 0 radical (unpaired) electrons. The Labute approximate surface area is 111 Å². The van der Waals surface area contributed by atoms with Gasteiger partial charge in [-0.1, -0.05) is 25.2 Å². The number of nitrogens with zero attached hydrogens (tertiary/aromatic N) is 1. The zero-order valence-electron chi connectivity index (χ0n) is 11.0. The lowest BCUT2D eigenvalue weighted by Crippen LogP contribution is -2.34. The molecular weight excluding hydrogens is 254 g/mol. The van der Waals surface area contributed by atoms with Crippen LogP contribution in [0.15, 0.2) is 18.5 Å². The fourth-order valence-electron chi connectivity index (χ4n) is 2.59. The Bertz CT molecular complexity index is 425. The first-order chi connectivity index (χ1) is 8.99. The van der Waals surface area contributed by atoms with Crippen LogP contribution in [0.5, 0.6) is 5.75 Å². The molecule has 1 aliphatic carbocycles. The van der Waals surface area contributed by atoms with Gasteiger partial charge in [0.2, 0.25) is 0 Å². The van der Waals surface area contributed by atoms with E-state index >= 15 is 0 Å². The van der Waals surface area contributed by atoms with Crippen LogP contribution in [0.3, 0.4) is 0 Å². The summed E-state index contributed by atoms with van der Waals surface area (Å²) >= 11 is 0. The van der Waals surface area contributed by atoms with Gasteiger partial charge in [-0.25, -0.2) is 0 Å².